The highest BCUT2D eigenvalue weighted by atomic mass is 32.2. The molecule has 1 amide bonds. The van der Waals surface area contributed by atoms with E-state index in [0.29, 0.717) is 10.7 Å². The Kier molecular flexibility index (Phi) is 4.55. The Hall–Kier alpha value is -1.40. The highest BCUT2D eigenvalue weighted by Crippen LogP contribution is 2.36. The maximum atomic E-state index is 12.1. The molecule has 1 fully saturated rings. The van der Waals surface area contributed by atoms with E-state index in [2.05, 4.69) is 22.4 Å². The zero-order valence-electron chi connectivity index (χ0n) is 11.8. The summed E-state index contributed by atoms with van der Waals surface area (Å²) in [5, 5.41) is 11.5. The second kappa shape index (κ2) is 6.58. The number of hydrogen-bond acceptors (Lipinski definition) is 5. The summed E-state index contributed by atoms with van der Waals surface area (Å²) in [5.41, 5.74) is 1.87. The monoisotopic (exact) mass is 319 g/mol. The molecule has 0 bridgehead atoms. The number of amides is 1. The normalized spacial score (nSPS) is 14.1. The van der Waals surface area contributed by atoms with Crippen LogP contribution in [0.25, 0.3) is 0 Å². The fourth-order valence-electron chi connectivity index (χ4n) is 1.85. The average Bonchev–Trinajstić information content (AvgIpc) is 3.25. The van der Waals surface area contributed by atoms with Gasteiger partial charge in [-0.3, -0.25) is 10.1 Å². The zero-order chi connectivity index (χ0) is 14.7. The van der Waals surface area contributed by atoms with Crippen LogP contribution < -0.4 is 5.32 Å². The second-order valence-electron chi connectivity index (χ2n) is 5.13. The zero-order valence-corrected chi connectivity index (χ0v) is 13.5. The number of aryl methyl sites for hydroxylation is 1. The number of carbonyl (C=O) groups excluding carboxylic acids is 1. The summed E-state index contributed by atoms with van der Waals surface area (Å²) in [5.74, 6) is 1.84. The Morgan fingerprint density at radius 3 is 2.76 bits per heavy atom. The standard InChI is InChI=1S/C15H17N3OS2/c1-2-10-5-7-12(8-6-10)13(19)16-14-17-18-15(21-14)20-9-11-3-4-11/h5-8,11H,2-4,9H2,1H3,(H,16,17,19). The molecule has 1 N–H and O–H groups in total. The number of nitrogens with zero attached hydrogens (tertiary/aromatic N) is 2. The lowest BCUT2D eigenvalue weighted by molar-refractivity contribution is 0.102. The Balaban J connectivity index is 1.57. The van der Waals surface area contributed by atoms with Crippen LogP contribution in [0.5, 0.6) is 0 Å². The van der Waals surface area contributed by atoms with Gasteiger partial charge in [-0.05, 0) is 42.9 Å². The molecule has 0 atom stereocenters. The molecule has 1 aliphatic rings. The average molecular weight is 319 g/mol. The molecule has 1 saturated carbocycles. The lowest BCUT2D eigenvalue weighted by Crippen LogP contribution is -2.11. The van der Waals surface area contributed by atoms with Crippen molar-refractivity contribution in [1.82, 2.24) is 10.2 Å². The summed E-state index contributed by atoms with van der Waals surface area (Å²) >= 11 is 3.18. The summed E-state index contributed by atoms with van der Waals surface area (Å²) < 4.78 is 0.929. The van der Waals surface area contributed by atoms with Crippen molar-refractivity contribution in [2.45, 2.75) is 30.5 Å². The summed E-state index contributed by atoms with van der Waals surface area (Å²) in [6.07, 6.45) is 3.65. The first-order chi connectivity index (χ1) is 10.2. The van der Waals surface area contributed by atoms with E-state index in [1.165, 1.54) is 29.7 Å². The number of thioether (sulfide) groups is 1. The molecule has 3 rings (SSSR count). The van der Waals surface area contributed by atoms with E-state index in [4.69, 9.17) is 0 Å². The molecule has 0 saturated heterocycles. The van der Waals surface area contributed by atoms with Gasteiger partial charge in [0.1, 0.15) is 0 Å². The summed E-state index contributed by atoms with van der Waals surface area (Å²) in [6, 6.07) is 7.65. The molecular formula is C15H17N3OS2. The van der Waals surface area contributed by atoms with E-state index < -0.39 is 0 Å². The number of carbonyl (C=O) groups is 1. The maximum absolute atomic E-state index is 12.1. The number of hydrogen-bond donors (Lipinski definition) is 1. The molecule has 1 aromatic heterocycles. The largest absolute Gasteiger partial charge is 0.296 e. The highest BCUT2D eigenvalue weighted by molar-refractivity contribution is 8.01. The Labute approximate surface area is 132 Å². The van der Waals surface area contributed by atoms with Gasteiger partial charge in [0, 0.05) is 11.3 Å². The van der Waals surface area contributed by atoms with Gasteiger partial charge in [0.05, 0.1) is 0 Å². The Morgan fingerprint density at radius 1 is 1.33 bits per heavy atom. The maximum Gasteiger partial charge on any atom is 0.257 e. The first kappa shape index (κ1) is 14.5. The number of nitrogens with one attached hydrogen (secondary N) is 1. The molecule has 1 heterocycles. The van der Waals surface area contributed by atoms with Gasteiger partial charge in [0.15, 0.2) is 4.34 Å². The fourth-order valence-corrected chi connectivity index (χ4v) is 3.81. The fraction of sp³-hybridized carbons (Fsp3) is 0.400. The summed E-state index contributed by atoms with van der Waals surface area (Å²) in [6.45, 7) is 2.09. The smallest absolute Gasteiger partial charge is 0.257 e. The van der Waals surface area contributed by atoms with Crippen LogP contribution in [-0.2, 0) is 6.42 Å². The molecule has 0 radical (unpaired) electrons. The van der Waals surface area contributed by atoms with Crippen molar-refractivity contribution in [3.8, 4) is 0 Å². The van der Waals surface area contributed by atoms with Crippen LogP contribution in [0, 0.1) is 5.92 Å². The summed E-state index contributed by atoms with van der Waals surface area (Å²) in [4.78, 5) is 12.1. The van der Waals surface area contributed by atoms with Crippen molar-refractivity contribution >= 4 is 34.1 Å². The minimum absolute atomic E-state index is 0.132. The minimum Gasteiger partial charge on any atom is -0.296 e. The lowest BCUT2D eigenvalue weighted by atomic mass is 10.1. The van der Waals surface area contributed by atoms with Gasteiger partial charge in [-0.2, -0.15) is 0 Å². The summed E-state index contributed by atoms with van der Waals surface area (Å²) in [7, 11) is 0. The van der Waals surface area contributed by atoms with Crippen molar-refractivity contribution in [1.29, 1.82) is 0 Å². The van der Waals surface area contributed by atoms with E-state index in [1.54, 1.807) is 11.8 Å². The van der Waals surface area contributed by atoms with E-state index >= 15 is 0 Å². The molecule has 1 aliphatic carbocycles. The van der Waals surface area contributed by atoms with Gasteiger partial charge in [0.25, 0.3) is 5.91 Å². The quantitative estimate of drug-likeness (QED) is 0.649. The van der Waals surface area contributed by atoms with Crippen LogP contribution in [0.3, 0.4) is 0 Å². The van der Waals surface area contributed by atoms with Crippen LogP contribution in [0.2, 0.25) is 0 Å². The van der Waals surface area contributed by atoms with Crippen LogP contribution in [0.4, 0.5) is 5.13 Å². The van der Waals surface area contributed by atoms with Crippen LogP contribution >= 0.6 is 23.1 Å². The van der Waals surface area contributed by atoms with Gasteiger partial charge in [-0.1, -0.05) is 42.2 Å². The van der Waals surface area contributed by atoms with Crippen molar-refractivity contribution in [2.75, 3.05) is 11.1 Å². The predicted molar refractivity (Wildman–Crippen MR) is 87.1 cm³/mol. The highest BCUT2D eigenvalue weighted by Gasteiger charge is 2.22. The molecule has 0 aliphatic heterocycles. The van der Waals surface area contributed by atoms with Gasteiger partial charge in [0.2, 0.25) is 5.13 Å². The van der Waals surface area contributed by atoms with Crippen molar-refractivity contribution < 1.29 is 4.79 Å². The number of aromatic nitrogens is 2. The van der Waals surface area contributed by atoms with Crippen LogP contribution in [-0.4, -0.2) is 21.9 Å². The molecule has 0 unspecified atom stereocenters. The SMILES string of the molecule is CCc1ccc(C(=O)Nc2nnc(SCC3CC3)s2)cc1. The minimum atomic E-state index is -0.132. The van der Waals surface area contributed by atoms with Crippen LogP contribution in [0.15, 0.2) is 28.6 Å². The molecule has 110 valence electrons. The third-order valence-electron chi connectivity index (χ3n) is 3.39. The third-order valence-corrected chi connectivity index (χ3v) is 5.59. The topological polar surface area (TPSA) is 54.9 Å². The van der Waals surface area contributed by atoms with Gasteiger partial charge >= 0.3 is 0 Å². The first-order valence-corrected chi connectivity index (χ1v) is 8.91. The predicted octanol–water partition coefficient (Wildman–Crippen LogP) is 3.85. The molecule has 21 heavy (non-hydrogen) atoms. The molecule has 2 aromatic rings. The molecule has 4 nitrogen and oxygen atoms in total. The van der Waals surface area contributed by atoms with E-state index in [-0.39, 0.29) is 5.91 Å². The van der Waals surface area contributed by atoms with Crippen molar-refractivity contribution in [3.05, 3.63) is 35.4 Å². The van der Waals surface area contributed by atoms with Gasteiger partial charge < -0.3 is 0 Å². The van der Waals surface area contributed by atoms with E-state index in [1.807, 2.05) is 24.3 Å². The van der Waals surface area contributed by atoms with Crippen molar-refractivity contribution in [3.63, 3.8) is 0 Å². The van der Waals surface area contributed by atoms with Crippen LogP contribution in [0.1, 0.15) is 35.7 Å². The van der Waals surface area contributed by atoms with Gasteiger partial charge in [-0.25, -0.2) is 0 Å². The van der Waals surface area contributed by atoms with E-state index in [0.717, 1.165) is 22.4 Å². The molecule has 0 spiro atoms. The second-order valence-corrected chi connectivity index (χ2v) is 7.38. The number of rotatable bonds is 6. The first-order valence-electron chi connectivity index (χ1n) is 7.11. The lowest BCUT2D eigenvalue weighted by Gasteiger charge is -2.02. The van der Waals surface area contributed by atoms with E-state index in [9.17, 15) is 4.79 Å². The Morgan fingerprint density at radius 2 is 2.10 bits per heavy atom. The molecule has 6 heteroatoms. The third kappa shape index (κ3) is 4.04. The molecular weight excluding hydrogens is 302 g/mol. The van der Waals surface area contributed by atoms with Gasteiger partial charge in [-0.15, -0.1) is 10.2 Å². The van der Waals surface area contributed by atoms with Crippen molar-refractivity contribution in [2.24, 2.45) is 5.92 Å². The number of anilines is 1. The number of benzene rings is 1. The molecule has 1 aromatic carbocycles. The Bertz CT molecular complexity index is 620.